The zero-order chi connectivity index (χ0) is 20.4. The number of hydrogen-bond acceptors (Lipinski definition) is 4. The molecule has 1 N–H and O–H groups in total. The van der Waals surface area contributed by atoms with Crippen molar-refractivity contribution in [2.45, 2.75) is 6.92 Å². The summed E-state index contributed by atoms with van der Waals surface area (Å²) in [5.74, 6) is 1.86. The molecule has 2 aromatic carbocycles. The second-order valence-corrected chi connectivity index (χ2v) is 6.65. The lowest BCUT2D eigenvalue weighted by Crippen LogP contribution is -2.14. The Morgan fingerprint density at radius 2 is 1.55 bits per heavy atom. The van der Waals surface area contributed by atoms with Gasteiger partial charge in [0.2, 0.25) is 0 Å². The van der Waals surface area contributed by atoms with Crippen LogP contribution < -0.4 is 14.8 Å². The lowest BCUT2D eigenvalue weighted by atomic mass is 10.1. The molecule has 6 nitrogen and oxygen atoms in total. The van der Waals surface area contributed by atoms with Gasteiger partial charge >= 0.3 is 0 Å². The Morgan fingerprint density at radius 1 is 0.931 bits per heavy atom. The first-order chi connectivity index (χ1) is 14.1. The minimum atomic E-state index is -0.218. The maximum Gasteiger partial charge on any atom is 0.256 e. The molecule has 0 aliphatic heterocycles. The van der Waals surface area contributed by atoms with Crippen molar-refractivity contribution in [2.75, 3.05) is 19.5 Å². The number of carbonyl (C=O) groups excluding carboxylic acids is 1. The number of rotatable bonds is 5. The molecular formula is C23H21N3O3. The van der Waals surface area contributed by atoms with Gasteiger partial charge < -0.3 is 14.8 Å². The van der Waals surface area contributed by atoms with Gasteiger partial charge in [-0.15, -0.1) is 0 Å². The summed E-state index contributed by atoms with van der Waals surface area (Å²) in [5, 5.41) is 3.02. The van der Waals surface area contributed by atoms with E-state index in [2.05, 4.69) is 5.32 Å². The third-order valence-electron chi connectivity index (χ3n) is 4.73. The number of pyridine rings is 1. The number of imidazole rings is 1. The van der Waals surface area contributed by atoms with Gasteiger partial charge in [-0.05, 0) is 73.2 Å². The molecule has 1 amide bonds. The zero-order valence-electron chi connectivity index (χ0n) is 16.5. The van der Waals surface area contributed by atoms with Crippen LogP contribution in [0.2, 0.25) is 0 Å². The number of anilines is 1. The van der Waals surface area contributed by atoms with E-state index in [4.69, 9.17) is 14.5 Å². The summed E-state index contributed by atoms with van der Waals surface area (Å²) in [6.07, 6.45) is 1.91. The van der Waals surface area contributed by atoms with Gasteiger partial charge in [-0.1, -0.05) is 0 Å². The van der Waals surface area contributed by atoms with Gasteiger partial charge in [0.1, 0.15) is 28.7 Å². The normalized spacial score (nSPS) is 10.7. The Labute approximate surface area is 168 Å². The van der Waals surface area contributed by atoms with E-state index >= 15 is 0 Å². The molecule has 0 spiro atoms. The third-order valence-corrected chi connectivity index (χ3v) is 4.73. The number of aryl methyl sites for hydroxylation is 1. The van der Waals surface area contributed by atoms with Crippen LogP contribution >= 0.6 is 0 Å². The van der Waals surface area contributed by atoms with Crippen molar-refractivity contribution in [3.8, 4) is 22.8 Å². The molecule has 0 bridgehead atoms. The number of hydrogen-bond donors (Lipinski definition) is 1. The van der Waals surface area contributed by atoms with E-state index in [-0.39, 0.29) is 5.91 Å². The Morgan fingerprint density at radius 3 is 2.17 bits per heavy atom. The summed E-state index contributed by atoms with van der Waals surface area (Å²) in [4.78, 5) is 17.7. The lowest BCUT2D eigenvalue weighted by Gasteiger charge is -2.09. The van der Waals surface area contributed by atoms with Crippen molar-refractivity contribution in [3.63, 3.8) is 0 Å². The van der Waals surface area contributed by atoms with E-state index in [1.807, 2.05) is 53.9 Å². The van der Waals surface area contributed by atoms with E-state index in [0.717, 1.165) is 22.5 Å². The number of fused-ring (bicyclic) bond motifs is 1. The van der Waals surface area contributed by atoms with E-state index in [0.29, 0.717) is 22.8 Å². The molecule has 0 fully saturated rings. The van der Waals surface area contributed by atoms with Gasteiger partial charge in [0.25, 0.3) is 5.91 Å². The number of amides is 1. The first-order valence-corrected chi connectivity index (χ1v) is 9.17. The smallest absolute Gasteiger partial charge is 0.256 e. The molecule has 0 saturated carbocycles. The second-order valence-electron chi connectivity index (χ2n) is 6.65. The van der Waals surface area contributed by atoms with Crippen molar-refractivity contribution in [1.29, 1.82) is 0 Å². The van der Waals surface area contributed by atoms with Crippen LogP contribution in [0.1, 0.15) is 15.9 Å². The number of carbonyl (C=O) groups is 1. The molecule has 0 aliphatic rings. The van der Waals surface area contributed by atoms with Crippen LogP contribution in [-0.4, -0.2) is 29.5 Å². The molecule has 2 aromatic heterocycles. The van der Waals surface area contributed by atoms with Crippen LogP contribution in [0.5, 0.6) is 11.5 Å². The number of benzene rings is 2. The fourth-order valence-corrected chi connectivity index (χ4v) is 3.14. The number of nitrogens with one attached hydrogen (secondary N) is 1. The SMILES string of the molecule is COc1ccc(C(=O)Nc2c(-c3ccc(OC)cc3)nc3cc(C)ccn23)cc1. The second kappa shape index (κ2) is 7.67. The summed E-state index contributed by atoms with van der Waals surface area (Å²) in [6.45, 7) is 2.01. The van der Waals surface area contributed by atoms with E-state index in [9.17, 15) is 4.79 Å². The Hall–Kier alpha value is -3.80. The lowest BCUT2D eigenvalue weighted by molar-refractivity contribution is 0.102. The topological polar surface area (TPSA) is 64.9 Å². The molecule has 4 aromatic rings. The Kier molecular flexibility index (Phi) is 4.91. The number of nitrogens with zero attached hydrogens (tertiary/aromatic N) is 2. The van der Waals surface area contributed by atoms with E-state index < -0.39 is 0 Å². The summed E-state index contributed by atoms with van der Waals surface area (Å²) < 4.78 is 12.3. The highest BCUT2D eigenvalue weighted by atomic mass is 16.5. The van der Waals surface area contributed by atoms with Crippen LogP contribution in [0.3, 0.4) is 0 Å². The first-order valence-electron chi connectivity index (χ1n) is 9.17. The summed E-state index contributed by atoms with van der Waals surface area (Å²) in [7, 11) is 3.22. The van der Waals surface area contributed by atoms with Gasteiger partial charge in [0.15, 0.2) is 0 Å². The molecule has 0 atom stereocenters. The first kappa shape index (κ1) is 18.6. The maximum atomic E-state index is 12.9. The Balaban J connectivity index is 1.77. The van der Waals surface area contributed by atoms with Crippen LogP contribution in [0.4, 0.5) is 5.82 Å². The standard InChI is InChI=1S/C23H21N3O3/c1-15-12-13-26-20(14-15)24-21(16-4-8-18(28-2)9-5-16)22(26)25-23(27)17-6-10-19(29-3)11-7-17/h4-14H,1-3H3,(H,25,27). The summed E-state index contributed by atoms with van der Waals surface area (Å²) in [6, 6.07) is 18.6. The minimum absolute atomic E-state index is 0.218. The molecule has 146 valence electrons. The largest absolute Gasteiger partial charge is 0.497 e. The van der Waals surface area contributed by atoms with Gasteiger partial charge in [-0.25, -0.2) is 4.98 Å². The van der Waals surface area contributed by atoms with Gasteiger partial charge in [-0.3, -0.25) is 9.20 Å². The molecule has 2 heterocycles. The third kappa shape index (κ3) is 3.65. The predicted octanol–water partition coefficient (Wildman–Crippen LogP) is 4.58. The summed E-state index contributed by atoms with van der Waals surface area (Å²) in [5.41, 5.74) is 3.98. The average molecular weight is 387 g/mol. The monoisotopic (exact) mass is 387 g/mol. The van der Waals surface area contributed by atoms with Crippen LogP contribution in [0.25, 0.3) is 16.9 Å². The molecule has 29 heavy (non-hydrogen) atoms. The molecule has 0 radical (unpaired) electrons. The number of aromatic nitrogens is 2. The average Bonchev–Trinajstić information content (AvgIpc) is 3.11. The molecule has 6 heteroatoms. The van der Waals surface area contributed by atoms with Crippen molar-refractivity contribution in [3.05, 3.63) is 78.0 Å². The van der Waals surface area contributed by atoms with Gasteiger partial charge in [-0.2, -0.15) is 0 Å². The van der Waals surface area contributed by atoms with E-state index in [1.54, 1.807) is 38.5 Å². The number of methoxy groups -OCH3 is 2. The van der Waals surface area contributed by atoms with Crippen molar-refractivity contribution in [2.24, 2.45) is 0 Å². The highest BCUT2D eigenvalue weighted by Crippen LogP contribution is 2.31. The number of ether oxygens (including phenoxy) is 2. The Bertz CT molecular complexity index is 1160. The molecule has 0 unspecified atom stereocenters. The zero-order valence-corrected chi connectivity index (χ0v) is 16.5. The van der Waals surface area contributed by atoms with Crippen molar-refractivity contribution in [1.82, 2.24) is 9.38 Å². The van der Waals surface area contributed by atoms with Gasteiger partial charge in [0.05, 0.1) is 14.2 Å². The van der Waals surface area contributed by atoms with Crippen LogP contribution in [0, 0.1) is 6.92 Å². The highest BCUT2D eigenvalue weighted by Gasteiger charge is 2.17. The fourth-order valence-electron chi connectivity index (χ4n) is 3.14. The quantitative estimate of drug-likeness (QED) is 0.544. The maximum absolute atomic E-state index is 12.9. The summed E-state index contributed by atoms with van der Waals surface area (Å²) >= 11 is 0. The molecule has 0 saturated heterocycles. The van der Waals surface area contributed by atoms with Gasteiger partial charge in [0, 0.05) is 17.3 Å². The fraction of sp³-hybridized carbons (Fsp3) is 0.130. The van der Waals surface area contributed by atoms with E-state index in [1.165, 1.54) is 0 Å². The highest BCUT2D eigenvalue weighted by molar-refractivity contribution is 6.05. The van der Waals surface area contributed by atoms with Crippen LogP contribution in [0.15, 0.2) is 66.9 Å². The van der Waals surface area contributed by atoms with Crippen molar-refractivity contribution < 1.29 is 14.3 Å². The minimum Gasteiger partial charge on any atom is -0.497 e. The molecule has 4 rings (SSSR count). The van der Waals surface area contributed by atoms with Crippen LogP contribution in [-0.2, 0) is 0 Å². The predicted molar refractivity (Wildman–Crippen MR) is 113 cm³/mol. The van der Waals surface area contributed by atoms with Crippen molar-refractivity contribution >= 4 is 17.4 Å². The molecular weight excluding hydrogens is 366 g/mol. The molecule has 0 aliphatic carbocycles.